The molecular formula is C14H18ClN5O4S. The van der Waals surface area contributed by atoms with Gasteiger partial charge in [0.25, 0.3) is 15.7 Å². The number of halogens is 1. The Morgan fingerprint density at radius 1 is 1.36 bits per heavy atom. The second-order valence-corrected chi connectivity index (χ2v) is 7.32. The highest BCUT2D eigenvalue weighted by Gasteiger charge is 2.39. The number of sulfonamides is 1. The van der Waals surface area contributed by atoms with E-state index < -0.39 is 26.7 Å². The van der Waals surface area contributed by atoms with Gasteiger partial charge in [-0.1, -0.05) is 12.1 Å². The van der Waals surface area contributed by atoms with Gasteiger partial charge in [0.2, 0.25) is 0 Å². The second-order valence-electron chi connectivity index (χ2n) is 5.46. The van der Waals surface area contributed by atoms with Crippen molar-refractivity contribution in [1.29, 1.82) is 0 Å². The van der Waals surface area contributed by atoms with E-state index in [1.165, 1.54) is 28.6 Å². The Morgan fingerprint density at radius 2 is 2.08 bits per heavy atom. The molecule has 1 aromatic heterocycles. The van der Waals surface area contributed by atoms with Crippen LogP contribution < -0.4 is 5.32 Å². The zero-order valence-electron chi connectivity index (χ0n) is 13.4. The molecular weight excluding hydrogens is 370 g/mol. The zero-order valence-corrected chi connectivity index (χ0v) is 15.0. The van der Waals surface area contributed by atoms with Crippen molar-refractivity contribution in [2.24, 2.45) is 7.05 Å². The molecule has 1 atom stereocenters. The van der Waals surface area contributed by atoms with Gasteiger partial charge in [-0.2, -0.15) is 4.31 Å². The second kappa shape index (κ2) is 7.48. The number of aryl methyl sites for hydroxylation is 1. The molecule has 25 heavy (non-hydrogen) atoms. The molecule has 1 saturated heterocycles. The number of piperazine rings is 1. The Balaban J connectivity index is 0.00000225. The van der Waals surface area contributed by atoms with Crippen LogP contribution >= 0.6 is 12.4 Å². The standard InChI is InChI=1S/C14H17N5O4S.ClH/c1-17-8-7-16-14(17)12-10-15-6-9-18(12)24(22,23)13-5-3-2-4-11(13)19(20)21;/h2-5,7-8,12,15H,6,9-10H2,1H3;1H. The van der Waals surface area contributed by atoms with Crippen LogP contribution in [-0.2, 0) is 17.1 Å². The van der Waals surface area contributed by atoms with E-state index >= 15 is 0 Å². The first-order chi connectivity index (χ1) is 11.4. The first-order valence-corrected chi connectivity index (χ1v) is 8.80. The van der Waals surface area contributed by atoms with E-state index in [1.54, 1.807) is 24.0 Å². The third-order valence-corrected chi connectivity index (χ3v) is 5.95. The first-order valence-electron chi connectivity index (χ1n) is 7.36. The van der Waals surface area contributed by atoms with Gasteiger partial charge in [-0.3, -0.25) is 10.1 Å². The SMILES string of the molecule is Cl.Cn1ccnc1C1CNCCN1S(=O)(=O)c1ccccc1[N+](=O)[O-]. The molecule has 1 aromatic carbocycles. The van der Waals surface area contributed by atoms with Crippen LogP contribution in [0.15, 0.2) is 41.6 Å². The summed E-state index contributed by atoms with van der Waals surface area (Å²) >= 11 is 0. The number of nitrogens with zero attached hydrogens (tertiary/aromatic N) is 4. The highest BCUT2D eigenvalue weighted by atomic mass is 35.5. The zero-order chi connectivity index (χ0) is 17.3. The van der Waals surface area contributed by atoms with Crippen LogP contribution in [-0.4, -0.2) is 46.8 Å². The van der Waals surface area contributed by atoms with Crippen molar-refractivity contribution in [2.75, 3.05) is 19.6 Å². The smallest absolute Gasteiger partial charge is 0.289 e. The number of hydrogen-bond donors (Lipinski definition) is 1. The van der Waals surface area contributed by atoms with E-state index in [4.69, 9.17) is 0 Å². The van der Waals surface area contributed by atoms with Crippen LogP contribution in [0.25, 0.3) is 0 Å². The lowest BCUT2D eigenvalue weighted by Crippen LogP contribution is -2.49. The van der Waals surface area contributed by atoms with Gasteiger partial charge in [-0.25, -0.2) is 13.4 Å². The van der Waals surface area contributed by atoms with Crippen LogP contribution in [0.1, 0.15) is 11.9 Å². The maximum absolute atomic E-state index is 13.1. The third-order valence-electron chi connectivity index (χ3n) is 4.00. The Hall–Kier alpha value is -2.01. The highest BCUT2D eigenvalue weighted by molar-refractivity contribution is 7.89. The normalized spacial score (nSPS) is 18.5. The molecule has 2 heterocycles. The molecule has 1 unspecified atom stereocenters. The minimum absolute atomic E-state index is 0. The summed E-state index contributed by atoms with van der Waals surface area (Å²) in [6, 6.07) is 4.88. The number of nitro benzene ring substituents is 1. The van der Waals surface area contributed by atoms with Gasteiger partial charge in [0.1, 0.15) is 5.82 Å². The number of imidazole rings is 1. The van der Waals surface area contributed by atoms with E-state index in [0.717, 1.165) is 0 Å². The van der Waals surface area contributed by atoms with E-state index in [0.29, 0.717) is 18.9 Å². The lowest BCUT2D eigenvalue weighted by molar-refractivity contribution is -0.387. The Labute approximate surface area is 151 Å². The minimum Gasteiger partial charge on any atom is -0.337 e. The van der Waals surface area contributed by atoms with Crippen molar-refractivity contribution < 1.29 is 13.3 Å². The van der Waals surface area contributed by atoms with Crippen molar-refractivity contribution >= 4 is 28.1 Å². The van der Waals surface area contributed by atoms with Crippen molar-refractivity contribution in [1.82, 2.24) is 19.2 Å². The van der Waals surface area contributed by atoms with Gasteiger partial charge < -0.3 is 9.88 Å². The molecule has 0 spiro atoms. The van der Waals surface area contributed by atoms with Gasteiger partial charge in [-0.05, 0) is 6.07 Å². The summed E-state index contributed by atoms with van der Waals surface area (Å²) in [5.74, 6) is 0.587. The fraction of sp³-hybridized carbons (Fsp3) is 0.357. The summed E-state index contributed by atoms with van der Waals surface area (Å²) in [6.45, 7) is 1.08. The largest absolute Gasteiger partial charge is 0.337 e. The number of nitrogens with one attached hydrogen (secondary N) is 1. The number of hydrogen-bond acceptors (Lipinski definition) is 6. The quantitative estimate of drug-likeness (QED) is 0.621. The van der Waals surface area contributed by atoms with E-state index in [2.05, 4.69) is 10.3 Å². The predicted molar refractivity (Wildman–Crippen MR) is 93.1 cm³/mol. The van der Waals surface area contributed by atoms with E-state index in [1.807, 2.05) is 0 Å². The van der Waals surface area contributed by atoms with Gasteiger partial charge in [-0.15, -0.1) is 12.4 Å². The fourth-order valence-corrected chi connectivity index (χ4v) is 4.59. The molecule has 1 aliphatic heterocycles. The van der Waals surface area contributed by atoms with Crippen LogP contribution in [0, 0.1) is 10.1 Å². The number of nitro groups is 1. The Bertz CT molecular complexity index is 870. The van der Waals surface area contributed by atoms with E-state index in [9.17, 15) is 18.5 Å². The molecule has 1 N–H and O–H groups in total. The fourth-order valence-electron chi connectivity index (χ4n) is 2.84. The average molecular weight is 388 g/mol. The molecule has 0 amide bonds. The molecule has 136 valence electrons. The predicted octanol–water partition coefficient (Wildman–Crippen LogP) is 1.09. The minimum atomic E-state index is -4.03. The summed E-state index contributed by atoms with van der Waals surface area (Å²) in [5, 5.41) is 14.4. The molecule has 3 rings (SSSR count). The summed E-state index contributed by atoms with van der Waals surface area (Å²) in [4.78, 5) is 14.5. The Morgan fingerprint density at radius 3 is 2.72 bits per heavy atom. The van der Waals surface area contributed by atoms with Crippen LogP contribution in [0.2, 0.25) is 0 Å². The van der Waals surface area contributed by atoms with Crippen LogP contribution in [0.5, 0.6) is 0 Å². The number of para-hydroxylation sites is 1. The maximum atomic E-state index is 13.1. The van der Waals surface area contributed by atoms with Crippen molar-refractivity contribution in [3.63, 3.8) is 0 Å². The Kier molecular flexibility index (Phi) is 5.78. The summed E-state index contributed by atoms with van der Waals surface area (Å²) in [7, 11) is -2.25. The van der Waals surface area contributed by atoms with Gasteiger partial charge in [0.15, 0.2) is 4.90 Å². The monoisotopic (exact) mass is 387 g/mol. The molecule has 0 radical (unpaired) electrons. The van der Waals surface area contributed by atoms with Gasteiger partial charge >= 0.3 is 0 Å². The van der Waals surface area contributed by atoms with Crippen LogP contribution in [0.4, 0.5) is 5.69 Å². The van der Waals surface area contributed by atoms with Crippen molar-refractivity contribution in [3.8, 4) is 0 Å². The summed E-state index contributed by atoms with van der Waals surface area (Å²) in [6.07, 6.45) is 3.33. The average Bonchev–Trinajstić information content (AvgIpc) is 3.00. The number of rotatable bonds is 4. The topological polar surface area (TPSA) is 110 Å². The summed E-state index contributed by atoms with van der Waals surface area (Å²) < 4.78 is 29.2. The molecule has 11 heteroatoms. The van der Waals surface area contributed by atoms with Crippen LogP contribution in [0.3, 0.4) is 0 Å². The molecule has 0 bridgehead atoms. The molecule has 9 nitrogen and oxygen atoms in total. The highest BCUT2D eigenvalue weighted by Crippen LogP contribution is 2.32. The lowest BCUT2D eigenvalue weighted by Gasteiger charge is -2.34. The number of benzene rings is 1. The van der Waals surface area contributed by atoms with E-state index in [-0.39, 0.29) is 23.8 Å². The first kappa shape index (κ1) is 19.3. The lowest BCUT2D eigenvalue weighted by atomic mass is 10.2. The molecule has 1 aliphatic rings. The van der Waals surface area contributed by atoms with Crippen molar-refractivity contribution in [2.45, 2.75) is 10.9 Å². The van der Waals surface area contributed by atoms with Crippen molar-refractivity contribution in [3.05, 3.63) is 52.6 Å². The molecule has 1 fully saturated rings. The molecule has 0 aliphatic carbocycles. The molecule has 0 saturated carbocycles. The summed E-state index contributed by atoms with van der Waals surface area (Å²) in [5.41, 5.74) is -0.422. The van der Waals surface area contributed by atoms with Gasteiger partial charge in [0, 0.05) is 45.1 Å². The molecule has 2 aromatic rings. The number of aromatic nitrogens is 2. The third kappa shape index (κ3) is 3.52. The van der Waals surface area contributed by atoms with Gasteiger partial charge in [0.05, 0.1) is 11.0 Å². The maximum Gasteiger partial charge on any atom is 0.289 e.